The van der Waals surface area contributed by atoms with E-state index in [1.807, 2.05) is 31.2 Å². The van der Waals surface area contributed by atoms with Crippen LogP contribution < -0.4 is 20.1 Å². The molecule has 3 rings (SSSR count). The van der Waals surface area contributed by atoms with E-state index in [-0.39, 0.29) is 4.90 Å². The molecule has 6 nitrogen and oxygen atoms in total. The molecular weight excluding hydrogens is 406 g/mol. The van der Waals surface area contributed by atoms with Crippen LogP contribution in [0.15, 0.2) is 77.7 Å². The molecule has 0 heterocycles. The maximum absolute atomic E-state index is 12.6. The minimum absolute atomic E-state index is 0.149. The van der Waals surface area contributed by atoms with Gasteiger partial charge in [-0.15, -0.1) is 0 Å². The van der Waals surface area contributed by atoms with Crippen LogP contribution in [0.5, 0.6) is 5.75 Å². The molecule has 0 radical (unpaired) electrons. The Morgan fingerprint density at radius 3 is 1.79 bits per heavy atom. The van der Waals surface area contributed by atoms with Crippen molar-refractivity contribution in [2.24, 2.45) is 0 Å². The lowest BCUT2D eigenvalue weighted by Gasteiger charge is -2.12. The summed E-state index contributed by atoms with van der Waals surface area (Å²) in [4.78, 5) is 0.149. The molecule has 0 unspecified atom stereocenters. The number of aryl methyl sites for hydroxylation is 1. The Balaban J connectivity index is 1.63. The lowest BCUT2D eigenvalue weighted by molar-refractivity contribution is 0.415. The number of anilines is 3. The van der Waals surface area contributed by atoms with Crippen molar-refractivity contribution in [3.8, 4) is 5.75 Å². The maximum atomic E-state index is 12.6. The maximum Gasteiger partial charge on any atom is 0.261 e. The Labute approximate surface area is 176 Å². The van der Waals surface area contributed by atoms with E-state index in [9.17, 15) is 8.42 Å². The first kappa shape index (κ1) is 20.6. The molecule has 3 aromatic carbocycles. The second-order valence-corrected chi connectivity index (χ2v) is 8.39. The molecule has 150 valence electrons. The SMILES string of the molecule is COc1ccc(NS(=O)(=O)c2ccc(NC(=S)Nc3ccc(C)cc3)cc2)cc1. The fourth-order valence-electron chi connectivity index (χ4n) is 2.52. The Bertz CT molecular complexity index is 1080. The molecule has 0 amide bonds. The van der Waals surface area contributed by atoms with E-state index < -0.39 is 10.0 Å². The summed E-state index contributed by atoms with van der Waals surface area (Å²) in [6.45, 7) is 2.01. The van der Waals surface area contributed by atoms with Crippen molar-refractivity contribution in [3.63, 3.8) is 0 Å². The molecule has 0 saturated carbocycles. The third-order valence-electron chi connectivity index (χ3n) is 4.07. The van der Waals surface area contributed by atoms with Crippen LogP contribution in [-0.2, 0) is 10.0 Å². The number of thiocarbonyl (C=S) groups is 1. The first-order valence-electron chi connectivity index (χ1n) is 8.77. The van der Waals surface area contributed by atoms with Gasteiger partial charge in [0.1, 0.15) is 5.75 Å². The van der Waals surface area contributed by atoms with Gasteiger partial charge in [0.05, 0.1) is 12.0 Å². The van der Waals surface area contributed by atoms with Crippen molar-refractivity contribution >= 4 is 44.4 Å². The smallest absolute Gasteiger partial charge is 0.261 e. The predicted molar refractivity (Wildman–Crippen MR) is 121 cm³/mol. The first-order valence-corrected chi connectivity index (χ1v) is 10.7. The van der Waals surface area contributed by atoms with Crippen molar-refractivity contribution < 1.29 is 13.2 Å². The molecule has 8 heteroatoms. The number of ether oxygens (including phenoxy) is 1. The van der Waals surface area contributed by atoms with Crippen molar-refractivity contribution in [3.05, 3.63) is 78.4 Å². The summed E-state index contributed by atoms with van der Waals surface area (Å²) in [5, 5.41) is 6.54. The average molecular weight is 428 g/mol. The summed E-state index contributed by atoms with van der Waals surface area (Å²) in [5.74, 6) is 0.651. The fraction of sp³-hybridized carbons (Fsp3) is 0.0952. The molecule has 0 aliphatic carbocycles. The van der Waals surface area contributed by atoms with E-state index in [1.54, 1.807) is 43.5 Å². The lowest BCUT2D eigenvalue weighted by atomic mass is 10.2. The summed E-state index contributed by atoms with van der Waals surface area (Å²) in [7, 11) is -2.15. The van der Waals surface area contributed by atoms with E-state index in [4.69, 9.17) is 17.0 Å². The number of hydrogen-bond donors (Lipinski definition) is 3. The largest absolute Gasteiger partial charge is 0.497 e. The van der Waals surface area contributed by atoms with Gasteiger partial charge >= 0.3 is 0 Å². The Morgan fingerprint density at radius 2 is 1.28 bits per heavy atom. The second-order valence-electron chi connectivity index (χ2n) is 6.30. The van der Waals surface area contributed by atoms with Gasteiger partial charge < -0.3 is 15.4 Å². The molecule has 29 heavy (non-hydrogen) atoms. The number of nitrogens with one attached hydrogen (secondary N) is 3. The van der Waals surface area contributed by atoms with Gasteiger partial charge in [0, 0.05) is 17.1 Å². The molecule has 0 spiro atoms. The highest BCUT2D eigenvalue weighted by Crippen LogP contribution is 2.20. The molecule has 0 atom stereocenters. The average Bonchev–Trinajstić information content (AvgIpc) is 2.70. The Morgan fingerprint density at radius 1 is 0.793 bits per heavy atom. The lowest BCUT2D eigenvalue weighted by Crippen LogP contribution is -2.19. The molecule has 0 aliphatic rings. The van der Waals surface area contributed by atoms with Crippen LogP contribution in [-0.4, -0.2) is 20.6 Å². The quantitative estimate of drug-likeness (QED) is 0.499. The number of sulfonamides is 1. The van der Waals surface area contributed by atoms with Gasteiger partial charge in [0.25, 0.3) is 10.0 Å². The third kappa shape index (κ3) is 5.69. The van der Waals surface area contributed by atoms with Crippen LogP contribution in [0.25, 0.3) is 0 Å². The monoisotopic (exact) mass is 427 g/mol. The highest BCUT2D eigenvalue weighted by molar-refractivity contribution is 7.92. The van der Waals surface area contributed by atoms with Gasteiger partial charge in [0.15, 0.2) is 5.11 Å². The van der Waals surface area contributed by atoms with E-state index in [1.165, 1.54) is 12.1 Å². The molecule has 0 bridgehead atoms. The van der Waals surface area contributed by atoms with Crippen molar-refractivity contribution in [2.45, 2.75) is 11.8 Å². The zero-order valence-corrected chi connectivity index (χ0v) is 17.6. The number of rotatable bonds is 6. The van der Waals surface area contributed by atoms with Crippen LogP contribution >= 0.6 is 12.2 Å². The molecule has 0 saturated heterocycles. The minimum atomic E-state index is -3.70. The van der Waals surface area contributed by atoms with Gasteiger partial charge in [-0.2, -0.15) is 0 Å². The molecular formula is C21H21N3O3S2. The summed E-state index contributed by atoms with van der Waals surface area (Å²) in [5.41, 5.74) is 3.17. The summed E-state index contributed by atoms with van der Waals surface area (Å²) in [6.07, 6.45) is 0. The third-order valence-corrected chi connectivity index (χ3v) is 5.68. The first-order chi connectivity index (χ1) is 13.9. The van der Waals surface area contributed by atoms with Crippen molar-refractivity contribution in [1.29, 1.82) is 0 Å². The van der Waals surface area contributed by atoms with Gasteiger partial charge in [-0.05, 0) is 79.8 Å². The normalized spacial score (nSPS) is 10.8. The van der Waals surface area contributed by atoms with Crippen LogP contribution in [0.4, 0.5) is 17.1 Å². The van der Waals surface area contributed by atoms with Crippen LogP contribution in [0.1, 0.15) is 5.56 Å². The fourth-order valence-corrected chi connectivity index (χ4v) is 3.82. The highest BCUT2D eigenvalue weighted by Gasteiger charge is 2.14. The van der Waals surface area contributed by atoms with E-state index >= 15 is 0 Å². The zero-order chi connectivity index (χ0) is 20.9. The van der Waals surface area contributed by atoms with Crippen molar-refractivity contribution in [1.82, 2.24) is 0 Å². The Hall–Kier alpha value is -3.10. The molecule has 3 N–H and O–H groups in total. The van der Waals surface area contributed by atoms with Gasteiger partial charge in [-0.3, -0.25) is 4.72 Å². The molecule has 0 aromatic heterocycles. The van der Waals surface area contributed by atoms with Crippen LogP contribution in [0, 0.1) is 6.92 Å². The standard InChI is InChI=1S/C21H21N3O3S2/c1-15-3-5-16(6-4-15)22-21(28)23-17-9-13-20(14-10-17)29(25,26)24-18-7-11-19(27-2)12-8-18/h3-14,24H,1-2H3,(H2,22,23,28). The second kappa shape index (κ2) is 8.93. The summed E-state index contributed by atoms with van der Waals surface area (Å²) < 4.78 is 32.7. The van der Waals surface area contributed by atoms with E-state index in [0.717, 1.165) is 11.3 Å². The Kier molecular flexibility index (Phi) is 6.36. The van der Waals surface area contributed by atoms with Gasteiger partial charge in [-0.25, -0.2) is 8.42 Å². The summed E-state index contributed by atoms with van der Waals surface area (Å²) >= 11 is 5.30. The van der Waals surface area contributed by atoms with E-state index in [0.29, 0.717) is 22.2 Å². The number of methoxy groups -OCH3 is 1. The number of hydrogen-bond acceptors (Lipinski definition) is 4. The predicted octanol–water partition coefficient (Wildman–Crippen LogP) is 4.61. The van der Waals surface area contributed by atoms with E-state index in [2.05, 4.69) is 15.4 Å². The van der Waals surface area contributed by atoms with Gasteiger partial charge in [-0.1, -0.05) is 17.7 Å². The van der Waals surface area contributed by atoms with Crippen molar-refractivity contribution in [2.75, 3.05) is 22.5 Å². The topological polar surface area (TPSA) is 79.5 Å². The molecule has 0 aliphatic heterocycles. The highest BCUT2D eigenvalue weighted by atomic mass is 32.2. The van der Waals surface area contributed by atoms with Gasteiger partial charge in [0.2, 0.25) is 0 Å². The minimum Gasteiger partial charge on any atom is -0.497 e. The zero-order valence-electron chi connectivity index (χ0n) is 16.0. The van der Waals surface area contributed by atoms with Crippen LogP contribution in [0.3, 0.4) is 0 Å². The summed E-state index contributed by atoms with van der Waals surface area (Å²) in [6, 6.07) is 20.8. The number of benzene rings is 3. The van der Waals surface area contributed by atoms with Crippen LogP contribution in [0.2, 0.25) is 0 Å². The molecule has 3 aromatic rings. The molecule has 0 fully saturated rings.